The highest BCUT2D eigenvalue weighted by Crippen LogP contribution is 2.15. The zero-order valence-electron chi connectivity index (χ0n) is 9.05. The molecule has 1 aromatic rings. The number of anilines is 2. The number of amides is 1. The second-order valence-corrected chi connectivity index (χ2v) is 3.64. The van der Waals surface area contributed by atoms with Gasteiger partial charge in [-0.25, -0.2) is 15.8 Å². The Kier molecular flexibility index (Phi) is 2.86. The van der Waals surface area contributed by atoms with E-state index in [2.05, 4.69) is 15.4 Å². The number of hydrazine groups is 1. The molecule has 7 heteroatoms. The highest BCUT2D eigenvalue weighted by Gasteiger charge is 2.21. The molecule has 1 aliphatic rings. The first-order chi connectivity index (χ1) is 7.70. The lowest BCUT2D eigenvalue weighted by molar-refractivity contribution is -0.129. The maximum atomic E-state index is 11.5. The molecule has 16 heavy (non-hydrogen) atoms. The van der Waals surface area contributed by atoms with Crippen LogP contribution in [-0.4, -0.2) is 47.5 Å². The van der Waals surface area contributed by atoms with E-state index in [1.165, 1.54) is 6.33 Å². The Bertz CT molecular complexity index is 395. The maximum absolute atomic E-state index is 11.5. The van der Waals surface area contributed by atoms with Crippen molar-refractivity contribution in [3.05, 3.63) is 12.4 Å². The van der Waals surface area contributed by atoms with Crippen LogP contribution in [0.5, 0.6) is 0 Å². The fourth-order valence-electron chi connectivity index (χ4n) is 1.55. The molecular formula is C9H14N6O. The third-order valence-corrected chi connectivity index (χ3v) is 2.58. The predicted octanol–water partition coefficient (Wildman–Crippen LogP) is -0.959. The Balaban J connectivity index is 2.15. The summed E-state index contributed by atoms with van der Waals surface area (Å²) < 4.78 is 0. The maximum Gasteiger partial charge on any atom is 0.241 e. The quantitative estimate of drug-likeness (QED) is 0.495. The van der Waals surface area contributed by atoms with Gasteiger partial charge in [0, 0.05) is 26.2 Å². The average Bonchev–Trinajstić information content (AvgIpc) is 2.33. The third kappa shape index (κ3) is 2.03. The van der Waals surface area contributed by atoms with E-state index in [0.717, 1.165) is 6.54 Å². The SMILES string of the molecule is CN1CCN(c2cc(NN)ncn2)CC1=O. The summed E-state index contributed by atoms with van der Waals surface area (Å²) in [5.74, 6) is 6.60. The lowest BCUT2D eigenvalue weighted by Crippen LogP contribution is -2.48. The average molecular weight is 222 g/mol. The summed E-state index contributed by atoms with van der Waals surface area (Å²) >= 11 is 0. The fraction of sp³-hybridized carbons (Fsp3) is 0.444. The summed E-state index contributed by atoms with van der Waals surface area (Å²) in [4.78, 5) is 23.2. The van der Waals surface area contributed by atoms with Crippen molar-refractivity contribution in [2.45, 2.75) is 0 Å². The normalized spacial score (nSPS) is 16.5. The van der Waals surface area contributed by atoms with E-state index in [9.17, 15) is 4.79 Å². The molecule has 1 aromatic heterocycles. The van der Waals surface area contributed by atoms with Crippen molar-refractivity contribution in [2.75, 3.05) is 37.0 Å². The number of aromatic nitrogens is 2. The molecule has 0 atom stereocenters. The Morgan fingerprint density at radius 1 is 1.44 bits per heavy atom. The number of nitrogen functional groups attached to an aromatic ring is 1. The van der Waals surface area contributed by atoms with Crippen molar-refractivity contribution in [2.24, 2.45) is 5.84 Å². The van der Waals surface area contributed by atoms with E-state index in [-0.39, 0.29) is 5.91 Å². The van der Waals surface area contributed by atoms with Gasteiger partial charge in [0.25, 0.3) is 0 Å². The minimum absolute atomic E-state index is 0.0899. The summed E-state index contributed by atoms with van der Waals surface area (Å²) in [7, 11) is 1.80. The number of nitrogens with two attached hydrogens (primary N) is 1. The molecule has 1 fully saturated rings. The molecule has 2 heterocycles. The standard InChI is InChI=1S/C9H14N6O/c1-14-2-3-15(5-9(14)16)8-4-7(13-10)11-6-12-8/h4,6H,2-3,5,10H2,1H3,(H,11,12,13). The molecule has 1 saturated heterocycles. The van der Waals surface area contributed by atoms with Crippen molar-refractivity contribution in [1.82, 2.24) is 14.9 Å². The number of nitrogens with one attached hydrogen (secondary N) is 1. The van der Waals surface area contributed by atoms with Crippen LogP contribution < -0.4 is 16.2 Å². The first-order valence-corrected chi connectivity index (χ1v) is 4.98. The number of likely N-dealkylation sites (N-methyl/N-ethyl adjacent to an activating group) is 1. The minimum atomic E-state index is 0.0899. The van der Waals surface area contributed by atoms with Crippen LogP contribution in [0, 0.1) is 0 Å². The van der Waals surface area contributed by atoms with Gasteiger partial charge in [-0.15, -0.1) is 0 Å². The zero-order valence-corrected chi connectivity index (χ0v) is 9.05. The number of nitrogens with zero attached hydrogens (tertiary/aromatic N) is 4. The van der Waals surface area contributed by atoms with Gasteiger partial charge < -0.3 is 15.2 Å². The minimum Gasteiger partial charge on any atom is -0.345 e. The van der Waals surface area contributed by atoms with Crippen molar-refractivity contribution in [1.29, 1.82) is 0 Å². The fourth-order valence-corrected chi connectivity index (χ4v) is 1.55. The largest absolute Gasteiger partial charge is 0.345 e. The summed E-state index contributed by atoms with van der Waals surface area (Å²) in [6.07, 6.45) is 1.42. The molecule has 3 N–H and O–H groups in total. The molecule has 2 rings (SSSR count). The van der Waals surface area contributed by atoms with Crippen LogP contribution in [0.3, 0.4) is 0 Å². The number of carbonyl (C=O) groups excluding carboxylic acids is 1. The highest BCUT2D eigenvalue weighted by molar-refractivity contribution is 5.82. The third-order valence-electron chi connectivity index (χ3n) is 2.58. The Hall–Kier alpha value is -1.89. The molecule has 0 unspecified atom stereocenters. The summed E-state index contributed by atoms with van der Waals surface area (Å²) in [5.41, 5.74) is 2.45. The molecule has 1 amide bonds. The van der Waals surface area contributed by atoms with Crippen LogP contribution in [0.25, 0.3) is 0 Å². The van der Waals surface area contributed by atoms with Crippen molar-refractivity contribution < 1.29 is 4.79 Å². The second kappa shape index (κ2) is 4.31. The van der Waals surface area contributed by atoms with Crippen LogP contribution in [0.1, 0.15) is 0 Å². The Labute approximate surface area is 93.2 Å². The van der Waals surface area contributed by atoms with Gasteiger partial charge >= 0.3 is 0 Å². The molecule has 0 spiro atoms. The highest BCUT2D eigenvalue weighted by atomic mass is 16.2. The Morgan fingerprint density at radius 2 is 2.25 bits per heavy atom. The van der Waals surface area contributed by atoms with Gasteiger partial charge in [-0.1, -0.05) is 0 Å². The van der Waals surface area contributed by atoms with E-state index >= 15 is 0 Å². The molecule has 0 aromatic carbocycles. The monoisotopic (exact) mass is 222 g/mol. The van der Waals surface area contributed by atoms with Crippen molar-refractivity contribution >= 4 is 17.5 Å². The number of piperazine rings is 1. The molecule has 7 nitrogen and oxygen atoms in total. The molecule has 1 aliphatic heterocycles. The molecule has 0 aliphatic carbocycles. The first-order valence-electron chi connectivity index (χ1n) is 4.98. The van der Waals surface area contributed by atoms with E-state index in [4.69, 9.17) is 5.84 Å². The topological polar surface area (TPSA) is 87.4 Å². The summed E-state index contributed by atoms with van der Waals surface area (Å²) in [6, 6.07) is 1.72. The van der Waals surface area contributed by atoms with Gasteiger partial charge in [-0.05, 0) is 0 Å². The van der Waals surface area contributed by atoms with Gasteiger partial charge in [-0.3, -0.25) is 4.79 Å². The molecular weight excluding hydrogens is 208 g/mol. The molecule has 0 saturated carbocycles. The lowest BCUT2D eigenvalue weighted by atomic mass is 10.3. The lowest BCUT2D eigenvalue weighted by Gasteiger charge is -2.32. The zero-order chi connectivity index (χ0) is 11.5. The number of hydrogen-bond acceptors (Lipinski definition) is 6. The first kappa shape index (κ1) is 10.6. The van der Waals surface area contributed by atoms with Crippen molar-refractivity contribution in [3.8, 4) is 0 Å². The van der Waals surface area contributed by atoms with Gasteiger partial charge in [0.2, 0.25) is 5.91 Å². The van der Waals surface area contributed by atoms with Crippen LogP contribution >= 0.6 is 0 Å². The second-order valence-electron chi connectivity index (χ2n) is 3.64. The van der Waals surface area contributed by atoms with Crippen LogP contribution in [0.15, 0.2) is 12.4 Å². The van der Waals surface area contributed by atoms with Gasteiger partial charge in [0.05, 0.1) is 6.54 Å². The van der Waals surface area contributed by atoms with Gasteiger partial charge in [0.15, 0.2) is 0 Å². The molecule has 0 bridgehead atoms. The summed E-state index contributed by atoms with van der Waals surface area (Å²) in [6.45, 7) is 1.81. The number of rotatable bonds is 2. The van der Waals surface area contributed by atoms with E-state index in [1.54, 1.807) is 18.0 Å². The van der Waals surface area contributed by atoms with Gasteiger partial charge in [-0.2, -0.15) is 0 Å². The predicted molar refractivity (Wildman–Crippen MR) is 59.7 cm³/mol. The van der Waals surface area contributed by atoms with Gasteiger partial charge in [0.1, 0.15) is 18.0 Å². The van der Waals surface area contributed by atoms with E-state index in [0.29, 0.717) is 24.7 Å². The molecule has 86 valence electrons. The van der Waals surface area contributed by atoms with E-state index in [1.807, 2.05) is 4.90 Å². The number of carbonyl (C=O) groups is 1. The van der Waals surface area contributed by atoms with Crippen LogP contribution in [-0.2, 0) is 4.79 Å². The summed E-state index contributed by atoms with van der Waals surface area (Å²) in [5, 5.41) is 0. The smallest absolute Gasteiger partial charge is 0.241 e. The number of hydrogen-bond donors (Lipinski definition) is 2. The van der Waals surface area contributed by atoms with Crippen LogP contribution in [0.4, 0.5) is 11.6 Å². The van der Waals surface area contributed by atoms with Crippen molar-refractivity contribution in [3.63, 3.8) is 0 Å². The molecule has 0 radical (unpaired) electrons. The van der Waals surface area contributed by atoms with E-state index < -0.39 is 0 Å². The Morgan fingerprint density at radius 3 is 2.94 bits per heavy atom. The van der Waals surface area contributed by atoms with Crippen LogP contribution in [0.2, 0.25) is 0 Å².